The second-order valence-electron chi connectivity index (χ2n) is 7.62. The van der Waals surface area contributed by atoms with E-state index in [1.807, 2.05) is 0 Å². The molecule has 1 aromatic carbocycles. The Kier molecular flexibility index (Phi) is 7.05. The molecule has 1 amide bonds. The van der Waals surface area contributed by atoms with E-state index in [2.05, 4.69) is 5.32 Å². The fourth-order valence-electron chi connectivity index (χ4n) is 3.90. The van der Waals surface area contributed by atoms with Gasteiger partial charge in [-0.25, -0.2) is 4.79 Å². The van der Waals surface area contributed by atoms with Gasteiger partial charge in [0.1, 0.15) is 0 Å². The summed E-state index contributed by atoms with van der Waals surface area (Å²) < 4.78 is 39.5. The summed E-state index contributed by atoms with van der Waals surface area (Å²) in [6.07, 6.45) is -3.54. The lowest BCUT2D eigenvalue weighted by molar-refractivity contribution is -0.138. The minimum Gasteiger partial charge on any atom is -0.465 e. The van der Waals surface area contributed by atoms with Crippen LogP contribution in [0.15, 0.2) is 24.3 Å². The minimum absolute atomic E-state index is 0.0119. The quantitative estimate of drug-likeness (QED) is 0.503. The Morgan fingerprint density at radius 2 is 1.86 bits per heavy atom. The van der Waals surface area contributed by atoms with Crippen molar-refractivity contribution in [3.05, 3.63) is 35.4 Å². The van der Waals surface area contributed by atoms with Crippen molar-refractivity contribution in [1.29, 1.82) is 5.41 Å². The second kappa shape index (κ2) is 8.94. The van der Waals surface area contributed by atoms with E-state index in [1.165, 1.54) is 19.1 Å². The van der Waals surface area contributed by atoms with Gasteiger partial charge in [-0.1, -0.05) is 37.5 Å². The third kappa shape index (κ3) is 5.79. The molecule has 1 aliphatic rings. The van der Waals surface area contributed by atoms with E-state index in [9.17, 15) is 27.9 Å². The van der Waals surface area contributed by atoms with E-state index in [0.29, 0.717) is 12.8 Å². The number of hydrogen-bond acceptors (Lipinski definition) is 4. The van der Waals surface area contributed by atoms with E-state index >= 15 is 0 Å². The Hall–Kier alpha value is -2.42. The fraction of sp³-hybridized carbons (Fsp3) is 0.550. The second-order valence-corrected chi connectivity index (χ2v) is 7.62. The Morgan fingerprint density at radius 3 is 2.41 bits per heavy atom. The third-order valence-corrected chi connectivity index (χ3v) is 5.24. The first-order chi connectivity index (χ1) is 13.4. The number of carbonyl (C=O) groups is 2. The molecule has 0 bridgehead atoms. The van der Waals surface area contributed by atoms with Crippen molar-refractivity contribution in [2.45, 2.75) is 69.2 Å². The average molecular weight is 414 g/mol. The van der Waals surface area contributed by atoms with Crippen molar-refractivity contribution in [3.63, 3.8) is 0 Å². The smallest absolute Gasteiger partial charge is 0.416 e. The van der Waals surface area contributed by atoms with E-state index in [-0.39, 0.29) is 24.8 Å². The Morgan fingerprint density at radius 1 is 1.24 bits per heavy atom. The molecule has 9 heteroatoms. The summed E-state index contributed by atoms with van der Waals surface area (Å²) in [5, 5.41) is 30.2. The maximum absolute atomic E-state index is 13.2. The summed E-state index contributed by atoms with van der Waals surface area (Å²) >= 11 is 0. The van der Waals surface area contributed by atoms with Crippen LogP contribution in [0.1, 0.15) is 62.5 Å². The molecule has 1 aromatic rings. The van der Waals surface area contributed by atoms with Gasteiger partial charge in [0.15, 0.2) is 5.78 Å². The van der Waals surface area contributed by atoms with Crippen LogP contribution in [0.25, 0.3) is 0 Å². The van der Waals surface area contributed by atoms with Crippen molar-refractivity contribution in [2.24, 2.45) is 0 Å². The lowest BCUT2D eigenvalue weighted by atomic mass is 9.70. The summed E-state index contributed by atoms with van der Waals surface area (Å²) in [5.74, 6) is -2.10. The number of aliphatic hydroxyl groups is 1. The Bertz CT molecular complexity index is 773. The number of nitrogens with one attached hydrogen (secondary N) is 2. The molecule has 0 radical (unpaired) electrons. The zero-order valence-electron chi connectivity index (χ0n) is 16.1. The van der Waals surface area contributed by atoms with Crippen LogP contribution in [0.5, 0.6) is 0 Å². The van der Waals surface area contributed by atoms with Crippen LogP contribution in [0.2, 0.25) is 0 Å². The Labute approximate surface area is 166 Å². The van der Waals surface area contributed by atoms with Gasteiger partial charge in [-0.05, 0) is 31.4 Å². The lowest BCUT2D eigenvalue weighted by Gasteiger charge is -2.39. The first-order valence-electron chi connectivity index (χ1n) is 9.44. The van der Waals surface area contributed by atoms with Crippen molar-refractivity contribution in [3.8, 4) is 0 Å². The fourth-order valence-corrected chi connectivity index (χ4v) is 3.90. The molecule has 2 atom stereocenters. The molecule has 4 N–H and O–H groups in total. The summed E-state index contributed by atoms with van der Waals surface area (Å²) in [6.45, 7) is 1.48. The van der Waals surface area contributed by atoms with Gasteiger partial charge in [0.25, 0.3) is 0 Å². The molecular weight excluding hydrogens is 389 g/mol. The maximum Gasteiger partial charge on any atom is 0.416 e. The predicted molar refractivity (Wildman–Crippen MR) is 100 cm³/mol. The van der Waals surface area contributed by atoms with Crippen LogP contribution in [-0.4, -0.2) is 39.4 Å². The Balaban J connectivity index is 2.39. The highest BCUT2D eigenvalue weighted by Gasteiger charge is 2.44. The normalized spacial score (nSPS) is 18.5. The number of hydrogen-bond donors (Lipinski definition) is 4. The largest absolute Gasteiger partial charge is 0.465 e. The number of Topliss-reactive ketones (excluding diaryl/α,β-unsaturated/α-hetero) is 1. The topological polar surface area (TPSA) is 110 Å². The summed E-state index contributed by atoms with van der Waals surface area (Å²) in [5.41, 5.74) is -2.90. The average Bonchev–Trinajstić information content (AvgIpc) is 2.61. The zero-order valence-corrected chi connectivity index (χ0v) is 16.1. The van der Waals surface area contributed by atoms with E-state index < -0.39 is 46.9 Å². The molecular formula is C20H25F3N2O4. The van der Waals surface area contributed by atoms with Crippen LogP contribution >= 0.6 is 0 Å². The van der Waals surface area contributed by atoms with Crippen LogP contribution in [-0.2, 0) is 11.0 Å². The molecule has 1 fully saturated rings. The molecule has 160 valence electrons. The molecule has 2 rings (SSSR count). The number of ketones is 1. The van der Waals surface area contributed by atoms with Gasteiger partial charge < -0.3 is 20.9 Å². The van der Waals surface area contributed by atoms with Crippen molar-refractivity contribution >= 4 is 17.6 Å². The molecule has 29 heavy (non-hydrogen) atoms. The lowest BCUT2D eigenvalue weighted by Crippen LogP contribution is -2.45. The van der Waals surface area contributed by atoms with Crippen molar-refractivity contribution in [2.75, 3.05) is 0 Å². The molecule has 0 aliphatic heterocycles. The van der Waals surface area contributed by atoms with Crippen LogP contribution in [0.4, 0.5) is 18.0 Å². The zero-order chi connectivity index (χ0) is 21.8. The predicted octanol–water partition coefficient (Wildman–Crippen LogP) is 4.12. The van der Waals surface area contributed by atoms with Crippen molar-refractivity contribution < 1.29 is 33.0 Å². The molecule has 1 unspecified atom stereocenters. The summed E-state index contributed by atoms with van der Waals surface area (Å²) in [7, 11) is 0. The van der Waals surface area contributed by atoms with Gasteiger partial charge in [-0.15, -0.1) is 0 Å². The van der Waals surface area contributed by atoms with Crippen molar-refractivity contribution in [1.82, 2.24) is 5.32 Å². The van der Waals surface area contributed by atoms with E-state index in [4.69, 9.17) is 10.5 Å². The number of alkyl halides is 3. The van der Waals surface area contributed by atoms with Crippen LogP contribution < -0.4 is 5.32 Å². The van der Waals surface area contributed by atoms with Gasteiger partial charge in [-0.3, -0.25) is 4.79 Å². The number of carbonyl (C=O) groups excluding carboxylic acids is 1. The highest BCUT2D eigenvalue weighted by atomic mass is 19.4. The molecule has 1 saturated carbocycles. The number of amides is 1. The van der Waals surface area contributed by atoms with Gasteiger partial charge >= 0.3 is 12.3 Å². The van der Waals surface area contributed by atoms with Crippen LogP contribution in [0.3, 0.4) is 0 Å². The molecule has 0 spiro atoms. The molecule has 0 saturated heterocycles. The maximum atomic E-state index is 13.2. The highest BCUT2D eigenvalue weighted by molar-refractivity contribution is 6.41. The SMILES string of the molecule is C[C@H](CC(=N)C(=O)C(c1cccc(C(F)(F)F)c1)C1(O)CCCCC1)NC(=O)O. The van der Waals surface area contributed by atoms with Gasteiger partial charge in [0.2, 0.25) is 0 Å². The van der Waals surface area contributed by atoms with Crippen LogP contribution in [0, 0.1) is 5.41 Å². The monoisotopic (exact) mass is 414 g/mol. The standard InChI is InChI=1S/C20H25F3N2O4/c1-12(25-18(27)28)10-15(24)17(26)16(19(29)8-3-2-4-9-19)13-6-5-7-14(11-13)20(21,22)23/h5-7,11-12,16,24-25,29H,2-4,8-10H2,1H3,(H,27,28)/t12-,16?/m1/s1. The number of benzene rings is 1. The number of rotatable bonds is 7. The summed E-state index contributed by atoms with van der Waals surface area (Å²) in [4.78, 5) is 23.8. The van der Waals surface area contributed by atoms with Gasteiger partial charge in [0.05, 0.1) is 22.8 Å². The molecule has 0 aromatic heterocycles. The van der Waals surface area contributed by atoms with Gasteiger partial charge in [-0.2, -0.15) is 13.2 Å². The first-order valence-corrected chi connectivity index (χ1v) is 9.44. The molecule has 0 heterocycles. The highest BCUT2D eigenvalue weighted by Crippen LogP contribution is 2.42. The number of carboxylic acid groups (broad SMARTS) is 1. The molecule has 6 nitrogen and oxygen atoms in total. The minimum atomic E-state index is -4.60. The first kappa shape index (κ1) is 22.9. The van der Waals surface area contributed by atoms with E-state index in [0.717, 1.165) is 18.6 Å². The third-order valence-electron chi connectivity index (χ3n) is 5.24. The number of halogens is 3. The van der Waals surface area contributed by atoms with Gasteiger partial charge in [0, 0.05) is 12.5 Å². The van der Waals surface area contributed by atoms with E-state index in [1.54, 1.807) is 0 Å². The molecule has 1 aliphatic carbocycles. The summed E-state index contributed by atoms with van der Waals surface area (Å²) in [6, 6.07) is 3.55.